The highest BCUT2D eigenvalue weighted by molar-refractivity contribution is 5.75. The van der Waals surface area contributed by atoms with Gasteiger partial charge in [0.25, 0.3) is 0 Å². The number of hydrogen-bond donors (Lipinski definition) is 3. The maximum atomic E-state index is 10.7. The van der Waals surface area contributed by atoms with Gasteiger partial charge in [0.1, 0.15) is 5.78 Å². The van der Waals surface area contributed by atoms with Gasteiger partial charge in [-0.05, 0) is 6.92 Å². The molecule has 0 amide bonds. The quantitative estimate of drug-likeness (QED) is 0.269. The molecule has 3 N–H and O–H groups in total. The summed E-state index contributed by atoms with van der Waals surface area (Å²) in [6.07, 6.45) is -0.966. The van der Waals surface area contributed by atoms with Gasteiger partial charge in [-0.25, -0.2) is 4.79 Å². The lowest BCUT2D eigenvalue weighted by atomic mass is 10.3. The molecule has 0 bridgehead atoms. The van der Waals surface area contributed by atoms with Crippen molar-refractivity contribution in [2.24, 2.45) is 0 Å². The van der Waals surface area contributed by atoms with Gasteiger partial charge in [-0.2, -0.15) is 0 Å². The third-order valence-corrected chi connectivity index (χ3v) is 2.76. The zero-order valence-corrected chi connectivity index (χ0v) is 14.2. The summed E-state index contributed by atoms with van der Waals surface area (Å²) in [5.41, 5.74) is 0. The van der Waals surface area contributed by atoms with Crippen LogP contribution in [0.1, 0.15) is 13.3 Å². The Balaban J connectivity index is 3.08. The van der Waals surface area contributed by atoms with E-state index in [4.69, 9.17) is 29.2 Å². The Morgan fingerprint density at radius 3 is 1.79 bits per heavy atom. The number of nitrogens with one attached hydrogen (secondary N) is 1. The summed E-state index contributed by atoms with van der Waals surface area (Å²) in [5.74, 6) is -1.14. The molecule has 0 spiro atoms. The lowest BCUT2D eigenvalue weighted by Crippen LogP contribution is -2.34. The van der Waals surface area contributed by atoms with Crippen molar-refractivity contribution in [1.29, 1.82) is 0 Å². The number of aliphatic carboxylic acids is 1. The van der Waals surface area contributed by atoms with Gasteiger partial charge in [-0.1, -0.05) is 0 Å². The van der Waals surface area contributed by atoms with Gasteiger partial charge in [0.2, 0.25) is 0 Å². The third-order valence-electron chi connectivity index (χ3n) is 2.76. The summed E-state index contributed by atoms with van der Waals surface area (Å²) in [7, 11) is 0. The first-order chi connectivity index (χ1) is 11.5. The number of rotatable bonds is 18. The van der Waals surface area contributed by atoms with E-state index in [1.165, 1.54) is 6.92 Å². The highest BCUT2D eigenvalue weighted by Gasteiger charge is 2.11. The fraction of sp³-hybridized carbons (Fsp3) is 0.867. The molecule has 0 saturated heterocycles. The van der Waals surface area contributed by atoms with Gasteiger partial charge < -0.3 is 34.5 Å². The first-order valence-corrected chi connectivity index (χ1v) is 7.96. The molecule has 9 heteroatoms. The van der Waals surface area contributed by atoms with E-state index in [1.807, 2.05) is 0 Å². The first-order valence-electron chi connectivity index (χ1n) is 7.96. The molecule has 0 heterocycles. The summed E-state index contributed by atoms with van der Waals surface area (Å²) >= 11 is 0. The van der Waals surface area contributed by atoms with Crippen molar-refractivity contribution in [1.82, 2.24) is 5.32 Å². The molecular formula is C15H29NO8. The Kier molecular flexibility index (Phi) is 16.0. The van der Waals surface area contributed by atoms with E-state index in [1.54, 1.807) is 0 Å². The molecule has 0 aromatic heterocycles. The van der Waals surface area contributed by atoms with Crippen LogP contribution in [-0.4, -0.2) is 94.0 Å². The van der Waals surface area contributed by atoms with E-state index < -0.39 is 12.1 Å². The molecule has 142 valence electrons. The number of aliphatic hydroxyl groups excluding tert-OH is 1. The molecule has 0 saturated carbocycles. The second-order valence-corrected chi connectivity index (χ2v) is 4.96. The number of carboxylic acids is 1. The Bertz CT molecular complexity index is 327. The minimum atomic E-state index is -1.40. The van der Waals surface area contributed by atoms with Crippen LogP contribution in [0.25, 0.3) is 0 Å². The summed E-state index contributed by atoms with van der Waals surface area (Å²) in [4.78, 5) is 21.0. The average molecular weight is 351 g/mol. The molecule has 0 aliphatic carbocycles. The number of carbonyl (C=O) groups excluding carboxylic acids is 1. The SMILES string of the molecule is CC(=O)CCOCCOCCOCCOCCNCC(O)C(=O)O. The number of Topliss-reactive ketones (excluding diaryl/α,β-unsaturated/α-hetero) is 1. The maximum absolute atomic E-state index is 10.7. The van der Waals surface area contributed by atoms with Gasteiger partial charge in [0.05, 0.1) is 52.9 Å². The Hall–Kier alpha value is -1.10. The number of carbonyl (C=O) groups is 2. The third kappa shape index (κ3) is 17.3. The van der Waals surface area contributed by atoms with Gasteiger partial charge in [0.15, 0.2) is 6.10 Å². The molecule has 0 rings (SSSR count). The topological polar surface area (TPSA) is 124 Å². The highest BCUT2D eigenvalue weighted by Crippen LogP contribution is 1.86. The zero-order valence-electron chi connectivity index (χ0n) is 14.2. The second kappa shape index (κ2) is 16.7. The Labute approximate surface area is 142 Å². The molecule has 24 heavy (non-hydrogen) atoms. The molecule has 0 aromatic rings. The molecule has 0 aromatic carbocycles. The van der Waals surface area contributed by atoms with Crippen LogP contribution in [0.4, 0.5) is 0 Å². The highest BCUT2D eigenvalue weighted by atomic mass is 16.6. The predicted molar refractivity (Wildman–Crippen MR) is 85.1 cm³/mol. The standard InChI is InChI=1S/C15H29NO8/c1-13(17)2-4-21-6-8-23-10-11-24-9-7-22-5-3-16-12-14(18)15(19)20/h14,16,18H,2-12H2,1H3,(H,19,20). The normalized spacial score (nSPS) is 12.2. The summed E-state index contributed by atoms with van der Waals surface area (Å²) in [6.45, 7) is 5.52. The number of carboxylic acid groups (broad SMARTS) is 1. The fourth-order valence-corrected chi connectivity index (χ4v) is 1.45. The summed E-state index contributed by atoms with van der Waals surface area (Å²) in [5, 5.41) is 20.2. The van der Waals surface area contributed by atoms with E-state index in [2.05, 4.69) is 5.32 Å². The zero-order chi connectivity index (χ0) is 18.0. The molecule has 0 radical (unpaired) electrons. The van der Waals surface area contributed by atoms with Crippen LogP contribution in [0.5, 0.6) is 0 Å². The lowest BCUT2D eigenvalue weighted by molar-refractivity contribution is -0.146. The second-order valence-electron chi connectivity index (χ2n) is 4.96. The van der Waals surface area contributed by atoms with E-state index in [-0.39, 0.29) is 12.3 Å². The molecule has 9 nitrogen and oxygen atoms in total. The smallest absolute Gasteiger partial charge is 0.333 e. The van der Waals surface area contributed by atoms with E-state index >= 15 is 0 Å². The average Bonchev–Trinajstić information content (AvgIpc) is 2.53. The molecule has 1 unspecified atom stereocenters. The van der Waals surface area contributed by atoms with Crippen molar-refractivity contribution < 1.29 is 38.7 Å². The summed E-state index contributed by atoms with van der Waals surface area (Å²) < 4.78 is 21.0. The van der Waals surface area contributed by atoms with Gasteiger partial charge in [0, 0.05) is 19.5 Å². The minimum absolute atomic E-state index is 0.00893. The van der Waals surface area contributed by atoms with Gasteiger partial charge in [-0.3, -0.25) is 4.79 Å². The van der Waals surface area contributed by atoms with Crippen molar-refractivity contribution in [3.05, 3.63) is 0 Å². The number of ether oxygens (including phenoxy) is 4. The van der Waals surface area contributed by atoms with Crippen LogP contribution < -0.4 is 5.32 Å². The van der Waals surface area contributed by atoms with Gasteiger partial charge in [-0.15, -0.1) is 0 Å². The lowest BCUT2D eigenvalue weighted by Gasteiger charge is -2.09. The van der Waals surface area contributed by atoms with E-state index in [0.717, 1.165) is 0 Å². The number of hydrogen-bond acceptors (Lipinski definition) is 8. The van der Waals surface area contributed by atoms with Crippen LogP contribution in [0.3, 0.4) is 0 Å². The van der Waals surface area contributed by atoms with Gasteiger partial charge >= 0.3 is 5.97 Å². The predicted octanol–water partition coefficient (Wildman–Crippen LogP) is -0.933. The summed E-state index contributed by atoms with van der Waals surface area (Å²) in [6, 6.07) is 0. The van der Waals surface area contributed by atoms with E-state index in [9.17, 15) is 9.59 Å². The number of ketones is 1. The molecular weight excluding hydrogens is 322 g/mol. The Morgan fingerprint density at radius 1 is 0.875 bits per heavy atom. The largest absolute Gasteiger partial charge is 0.479 e. The van der Waals surface area contributed by atoms with Crippen LogP contribution in [0.2, 0.25) is 0 Å². The van der Waals surface area contributed by atoms with E-state index in [0.29, 0.717) is 65.8 Å². The van der Waals surface area contributed by atoms with Crippen molar-refractivity contribution in [2.45, 2.75) is 19.4 Å². The van der Waals surface area contributed by atoms with Crippen molar-refractivity contribution in [3.63, 3.8) is 0 Å². The molecule has 1 atom stereocenters. The molecule has 0 fully saturated rings. The molecule has 0 aliphatic rings. The number of aliphatic hydroxyl groups is 1. The van der Waals surface area contributed by atoms with Crippen molar-refractivity contribution in [2.75, 3.05) is 65.9 Å². The fourth-order valence-electron chi connectivity index (χ4n) is 1.45. The minimum Gasteiger partial charge on any atom is -0.479 e. The van der Waals surface area contributed by atoms with Crippen LogP contribution in [-0.2, 0) is 28.5 Å². The monoisotopic (exact) mass is 351 g/mol. The molecule has 0 aliphatic heterocycles. The maximum Gasteiger partial charge on any atom is 0.333 e. The Morgan fingerprint density at radius 2 is 1.33 bits per heavy atom. The van der Waals surface area contributed by atoms with Crippen molar-refractivity contribution >= 4 is 11.8 Å². The van der Waals surface area contributed by atoms with Crippen LogP contribution in [0.15, 0.2) is 0 Å². The van der Waals surface area contributed by atoms with Crippen LogP contribution >= 0.6 is 0 Å². The van der Waals surface area contributed by atoms with Crippen molar-refractivity contribution in [3.8, 4) is 0 Å². The first kappa shape index (κ1) is 22.9. The van der Waals surface area contributed by atoms with Crippen LogP contribution in [0, 0.1) is 0 Å².